The van der Waals surface area contributed by atoms with Crippen molar-refractivity contribution in [2.24, 2.45) is 0 Å². The monoisotopic (exact) mass is 414 g/mol. The summed E-state index contributed by atoms with van der Waals surface area (Å²) >= 11 is 12.5. The van der Waals surface area contributed by atoms with Crippen LogP contribution in [-0.4, -0.2) is 26.4 Å². The van der Waals surface area contributed by atoms with Crippen LogP contribution in [0.25, 0.3) is 11.0 Å². The zero-order chi connectivity index (χ0) is 19.2. The highest BCUT2D eigenvalue weighted by molar-refractivity contribution is 8.00. The first-order valence-electron chi connectivity index (χ1n) is 7.43. The Kier molecular flexibility index (Phi) is 4.81. The van der Waals surface area contributed by atoms with Crippen molar-refractivity contribution in [3.8, 4) is 0 Å². The third-order valence-corrected chi connectivity index (χ3v) is 6.44. The van der Waals surface area contributed by atoms with E-state index in [1.54, 1.807) is 0 Å². The topological polar surface area (TPSA) is 67.3 Å². The standard InChI is InChI=1S/C17H13Cl2FN2O3S/c1-9(23)22(2)17-13(18)4-3-12(16(17)19)15-6-14-10(8-26(15,24)25)5-11(20)7-21-14/h3-7H,8H2,1-2H3. The number of benzene rings is 1. The van der Waals surface area contributed by atoms with Gasteiger partial charge in [0.15, 0.2) is 9.84 Å². The van der Waals surface area contributed by atoms with Gasteiger partial charge in [-0.2, -0.15) is 0 Å². The normalized spacial score (nSPS) is 15.2. The second kappa shape index (κ2) is 6.64. The van der Waals surface area contributed by atoms with Crippen LogP contribution in [0.3, 0.4) is 0 Å². The van der Waals surface area contributed by atoms with Crippen LogP contribution in [0.1, 0.15) is 23.7 Å². The van der Waals surface area contributed by atoms with E-state index in [-0.39, 0.29) is 37.7 Å². The molecule has 0 saturated carbocycles. The molecule has 5 nitrogen and oxygen atoms in total. The Morgan fingerprint density at radius 2 is 2.00 bits per heavy atom. The molecule has 2 heterocycles. The summed E-state index contributed by atoms with van der Waals surface area (Å²) in [6.45, 7) is 1.34. The molecule has 26 heavy (non-hydrogen) atoms. The van der Waals surface area contributed by atoms with Crippen LogP contribution >= 0.6 is 23.2 Å². The Morgan fingerprint density at radius 1 is 1.31 bits per heavy atom. The number of nitrogens with zero attached hydrogens (tertiary/aromatic N) is 2. The Balaban J connectivity index is 2.24. The second-order valence-electron chi connectivity index (χ2n) is 5.80. The molecule has 1 aliphatic heterocycles. The van der Waals surface area contributed by atoms with E-state index in [1.807, 2.05) is 0 Å². The molecule has 1 aromatic carbocycles. The van der Waals surface area contributed by atoms with Crippen LogP contribution in [0.4, 0.5) is 10.1 Å². The summed E-state index contributed by atoms with van der Waals surface area (Å²) in [5.74, 6) is -1.31. The van der Waals surface area contributed by atoms with E-state index in [1.165, 1.54) is 37.1 Å². The van der Waals surface area contributed by atoms with E-state index in [9.17, 15) is 17.6 Å². The second-order valence-corrected chi connectivity index (χ2v) is 8.54. The molecule has 9 heteroatoms. The molecular weight excluding hydrogens is 402 g/mol. The van der Waals surface area contributed by atoms with Crippen LogP contribution in [0, 0.1) is 5.82 Å². The maximum atomic E-state index is 13.3. The number of aromatic nitrogens is 1. The van der Waals surface area contributed by atoms with Crippen molar-refractivity contribution in [1.82, 2.24) is 4.98 Å². The van der Waals surface area contributed by atoms with Crippen LogP contribution in [0.15, 0.2) is 24.4 Å². The molecule has 0 saturated heterocycles. The van der Waals surface area contributed by atoms with Crippen LogP contribution in [0.5, 0.6) is 0 Å². The highest BCUT2D eigenvalue weighted by Gasteiger charge is 2.30. The van der Waals surface area contributed by atoms with Gasteiger partial charge in [-0.25, -0.2) is 12.8 Å². The number of pyridine rings is 1. The van der Waals surface area contributed by atoms with E-state index >= 15 is 0 Å². The minimum Gasteiger partial charge on any atom is -0.313 e. The number of carbonyl (C=O) groups is 1. The Morgan fingerprint density at radius 3 is 2.65 bits per heavy atom. The molecule has 0 radical (unpaired) electrons. The maximum Gasteiger partial charge on any atom is 0.223 e. The molecule has 0 fully saturated rings. The zero-order valence-corrected chi connectivity index (χ0v) is 16.1. The maximum absolute atomic E-state index is 13.3. The lowest BCUT2D eigenvalue weighted by Gasteiger charge is -2.22. The molecule has 1 amide bonds. The first kappa shape index (κ1) is 18.8. The quantitative estimate of drug-likeness (QED) is 0.746. The number of sulfone groups is 1. The van der Waals surface area contributed by atoms with E-state index in [4.69, 9.17) is 23.2 Å². The SMILES string of the molecule is CC(=O)N(C)c1c(Cl)ccc(C2=Cc3ncc(F)cc3CS2(=O)=O)c1Cl. The summed E-state index contributed by atoms with van der Waals surface area (Å²) in [5.41, 5.74) is 1.05. The van der Waals surface area contributed by atoms with Gasteiger partial charge in [0.2, 0.25) is 5.91 Å². The van der Waals surface area contributed by atoms with Gasteiger partial charge in [-0.15, -0.1) is 0 Å². The van der Waals surface area contributed by atoms with Gasteiger partial charge in [-0.3, -0.25) is 9.78 Å². The number of amides is 1. The highest BCUT2D eigenvalue weighted by atomic mass is 35.5. The zero-order valence-electron chi connectivity index (χ0n) is 13.8. The Labute approximate surface area is 160 Å². The number of carbonyl (C=O) groups excluding carboxylic acids is 1. The smallest absolute Gasteiger partial charge is 0.223 e. The van der Waals surface area contributed by atoms with Gasteiger partial charge < -0.3 is 4.90 Å². The summed E-state index contributed by atoms with van der Waals surface area (Å²) in [6, 6.07) is 4.09. The largest absolute Gasteiger partial charge is 0.313 e. The molecule has 0 unspecified atom stereocenters. The van der Waals surface area contributed by atoms with E-state index in [0.29, 0.717) is 5.69 Å². The van der Waals surface area contributed by atoms with Crippen molar-refractivity contribution in [2.45, 2.75) is 12.7 Å². The summed E-state index contributed by atoms with van der Waals surface area (Å²) in [7, 11) is -2.29. The average molecular weight is 415 g/mol. The van der Waals surface area contributed by atoms with Gasteiger partial charge in [0.25, 0.3) is 0 Å². The fraction of sp³-hybridized carbons (Fsp3) is 0.176. The lowest BCUT2D eigenvalue weighted by molar-refractivity contribution is -0.116. The van der Waals surface area contributed by atoms with Gasteiger partial charge in [0.1, 0.15) is 5.82 Å². The number of halogens is 3. The molecule has 0 N–H and O–H groups in total. The molecule has 1 aromatic heterocycles. The number of anilines is 1. The molecule has 3 rings (SSSR count). The molecule has 2 aromatic rings. The highest BCUT2D eigenvalue weighted by Crippen LogP contribution is 2.42. The van der Waals surface area contributed by atoms with Crippen molar-refractivity contribution < 1.29 is 17.6 Å². The third kappa shape index (κ3) is 3.22. The Bertz CT molecular complexity index is 1070. The number of fused-ring (bicyclic) bond motifs is 1. The van der Waals surface area contributed by atoms with Gasteiger partial charge >= 0.3 is 0 Å². The first-order chi connectivity index (χ1) is 12.1. The lowest BCUT2D eigenvalue weighted by atomic mass is 10.1. The fourth-order valence-electron chi connectivity index (χ4n) is 2.68. The summed E-state index contributed by atoms with van der Waals surface area (Å²) in [5, 5.41) is 0.251. The van der Waals surface area contributed by atoms with Crippen molar-refractivity contribution in [3.63, 3.8) is 0 Å². The van der Waals surface area contributed by atoms with Crippen LogP contribution in [-0.2, 0) is 20.4 Å². The van der Waals surface area contributed by atoms with Crippen LogP contribution < -0.4 is 4.90 Å². The van der Waals surface area contributed by atoms with E-state index < -0.39 is 21.4 Å². The molecular formula is C17H13Cl2FN2O3S. The molecule has 0 bridgehead atoms. The van der Waals surface area contributed by atoms with Crippen molar-refractivity contribution in [1.29, 1.82) is 0 Å². The summed E-state index contributed by atoms with van der Waals surface area (Å²) in [6.07, 6.45) is 2.36. The molecule has 0 aliphatic carbocycles. The summed E-state index contributed by atoms with van der Waals surface area (Å²) < 4.78 is 38.8. The van der Waals surface area contributed by atoms with Gasteiger partial charge in [-0.1, -0.05) is 29.3 Å². The van der Waals surface area contributed by atoms with Gasteiger partial charge in [-0.05, 0) is 23.8 Å². The average Bonchev–Trinajstić information content (AvgIpc) is 2.54. The minimum absolute atomic E-state index is 0.0376. The molecule has 0 spiro atoms. The Hall–Kier alpha value is -1.96. The predicted molar refractivity (Wildman–Crippen MR) is 100 cm³/mol. The van der Waals surface area contributed by atoms with Gasteiger partial charge in [0.05, 0.1) is 38.3 Å². The first-order valence-corrected chi connectivity index (χ1v) is 9.84. The van der Waals surface area contributed by atoms with Crippen molar-refractivity contribution >= 4 is 55.6 Å². The van der Waals surface area contributed by atoms with Crippen molar-refractivity contribution in [2.75, 3.05) is 11.9 Å². The summed E-state index contributed by atoms with van der Waals surface area (Å²) in [4.78, 5) is 16.8. The van der Waals surface area contributed by atoms with E-state index in [2.05, 4.69) is 4.98 Å². The van der Waals surface area contributed by atoms with Crippen molar-refractivity contribution in [3.05, 3.63) is 57.1 Å². The minimum atomic E-state index is -3.78. The lowest BCUT2D eigenvalue weighted by Crippen LogP contribution is -2.24. The third-order valence-electron chi connectivity index (χ3n) is 4.06. The number of rotatable bonds is 2. The molecule has 0 atom stereocenters. The number of hydrogen-bond donors (Lipinski definition) is 0. The predicted octanol–water partition coefficient (Wildman–Crippen LogP) is 3.94. The molecule has 136 valence electrons. The van der Waals surface area contributed by atoms with E-state index in [0.717, 1.165) is 12.3 Å². The van der Waals surface area contributed by atoms with Gasteiger partial charge in [0, 0.05) is 19.5 Å². The fourth-order valence-corrected chi connectivity index (χ4v) is 5.05. The molecule has 1 aliphatic rings. The van der Waals surface area contributed by atoms with Crippen LogP contribution in [0.2, 0.25) is 10.0 Å². The number of hydrogen-bond acceptors (Lipinski definition) is 4.